The molecule has 1 aliphatic rings. The van der Waals surface area contributed by atoms with Crippen LogP contribution in [0.2, 0.25) is 0 Å². The molecular weight excluding hydrogens is 403 g/mol. The van der Waals surface area contributed by atoms with E-state index >= 15 is 0 Å². The Balaban J connectivity index is 1.83. The smallest absolute Gasteiger partial charge is 0.416 e. The van der Waals surface area contributed by atoms with Crippen molar-refractivity contribution in [3.63, 3.8) is 0 Å². The number of benzene rings is 2. The number of anilines is 3. The molecule has 10 heteroatoms. The summed E-state index contributed by atoms with van der Waals surface area (Å²) in [6, 6.07) is 9.20. The van der Waals surface area contributed by atoms with E-state index in [2.05, 4.69) is 10.6 Å². The maximum atomic E-state index is 12.9. The lowest BCUT2D eigenvalue weighted by molar-refractivity contribution is -0.137. The van der Waals surface area contributed by atoms with Crippen molar-refractivity contribution in [3.8, 4) is 0 Å². The highest BCUT2D eigenvalue weighted by Gasteiger charge is 2.35. The van der Waals surface area contributed by atoms with E-state index < -0.39 is 42.2 Å². The summed E-state index contributed by atoms with van der Waals surface area (Å²) in [6.45, 7) is 0.921. The first-order valence-corrected chi connectivity index (χ1v) is 8.92. The maximum absolute atomic E-state index is 12.9. The normalized spacial score (nSPS) is 14.4. The standard InChI is InChI=1S/C20H18F3N3O4/c1-11(30-19(29)13-5-3-4-6-14(13)24-2)18(28)26-10-17(27)25-15-9-12(20(21,22)23)7-8-16(15)26/h3-9,11,24H,10H2,1-2H3,(H,25,27). The number of esters is 1. The molecule has 0 bridgehead atoms. The van der Waals surface area contributed by atoms with E-state index in [0.29, 0.717) is 5.69 Å². The molecule has 0 aliphatic carbocycles. The van der Waals surface area contributed by atoms with Crippen molar-refractivity contribution in [1.82, 2.24) is 0 Å². The molecule has 1 aliphatic heterocycles. The number of alkyl halides is 3. The Hall–Kier alpha value is -3.56. The lowest BCUT2D eigenvalue weighted by Crippen LogP contribution is -2.47. The zero-order valence-corrected chi connectivity index (χ0v) is 16.0. The molecule has 0 saturated heterocycles. The number of fused-ring (bicyclic) bond motifs is 1. The Kier molecular flexibility index (Phi) is 5.68. The van der Waals surface area contributed by atoms with Gasteiger partial charge in [-0.05, 0) is 37.3 Å². The second-order valence-corrected chi connectivity index (χ2v) is 6.55. The zero-order valence-electron chi connectivity index (χ0n) is 16.0. The Morgan fingerprint density at radius 2 is 1.90 bits per heavy atom. The van der Waals surface area contributed by atoms with Gasteiger partial charge in [0, 0.05) is 12.7 Å². The maximum Gasteiger partial charge on any atom is 0.416 e. The zero-order chi connectivity index (χ0) is 22.1. The molecule has 2 amide bonds. The summed E-state index contributed by atoms with van der Waals surface area (Å²) in [4.78, 5) is 38.2. The van der Waals surface area contributed by atoms with Gasteiger partial charge in [0.25, 0.3) is 5.91 Å². The van der Waals surface area contributed by atoms with Crippen molar-refractivity contribution in [2.75, 3.05) is 29.1 Å². The van der Waals surface area contributed by atoms with Gasteiger partial charge in [0.1, 0.15) is 6.54 Å². The van der Waals surface area contributed by atoms with Crippen molar-refractivity contribution >= 4 is 34.8 Å². The fourth-order valence-electron chi connectivity index (χ4n) is 3.04. The molecule has 0 fully saturated rings. The third-order valence-corrected chi connectivity index (χ3v) is 4.50. The molecular formula is C20H18F3N3O4. The Labute approximate surface area is 169 Å². The number of carbonyl (C=O) groups is 3. The number of carbonyl (C=O) groups excluding carboxylic acids is 3. The van der Waals surface area contributed by atoms with E-state index in [4.69, 9.17) is 4.74 Å². The fraction of sp³-hybridized carbons (Fsp3) is 0.250. The third-order valence-electron chi connectivity index (χ3n) is 4.50. The predicted molar refractivity (Wildman–Crippen MR) is 103 cm³/mol. The molecule has 1 heterocycles. The number of nitrogens with one attached hydrogen (secondary N) is 2. The van der Waals surface area contributed by atoms with Gasteiger partial charge in [-0.2, -0.15) is 13.2 Å². The van der Waals surface area contributed by atoms with E-state index in [1.807, 2.05) is 0 Å². The first-order chi connectivity index (χ1) is 14.1. The number of amides is 2. The first-order valence-electron chi connectivity index (χ1n) is 8.92. The average molecular weight is 421 g/mol. The van der Waals surface area contributed by atoms with Crippen molar-refractivity contribution in [2.24, 2.45) is 0 Å². The van der Waals surface area contributed by atoms with Gasteiger partial charge in [-0.1, -0.05) is 12.1 Å². The van der Waals surface area contributed by atoms with Gasteiger partial charge in [-0.25, -0.2) is 4.79 Å². The minimum absolute atomic E-state index is 0.0890. The van der Waals surface area contributed by atoms with Gasteiger partial charge >= 0.3 is 12.1 Å². The van der Waals surface area contributed by atoms with Crippen LogP contribution in [0.3, 0.4) is 0 Å². The summed E-state index contributed by atoms with van der Waals surface area (Å²) in [6.07, 6.45) is -5.88. The van der Waals surface area contributed by atoms with E-state index in [-0.39, 0.29) is 16.9 Å². The van der Waals surface area contributed by atoms with Gasteiger partial charge in [0.15, 0.2) is 6.10 Å². The summed E-state index contributed by atoms with van der Waals surface area (Å²) < 4.78 is 44.1. The Morgan fingerprint density at radius 1 is 1.20 bits per heavy atom. The molecule has 158 valence electrons. The summed E-state index contributed by atoms with van der Waals surface area (Å²) in [7, 11) is 1.62. The molecule has 0 saturated carbocycles. The second kappa shape index (κ2) is 8.05. The number of para-hydroxylation sites is 1. The van der Waals surface area contributed by atoms with Crippen LogP contribution >= 0.6 is 0 Å². The summed E-state index contributed by atoms with van der Waals surface area (Å²) in [5.74, 6) is -2.15. The monoisotopic (exact) mass is 421 g/mol. The van der Waals surface area contributed by atoms with Crippen LogP contribution in [0.25, 0.3) is 0 Å². The van der Waals surface area contributed by atoms with E-state index in [1.54, 1.807) is 25.2 Å². The number of rotatable bonds is 4. The lowest BCUT2D eigenvalue weighted by Gasteiger charge is -2.31. The number of hydrogen-bond acceptors (Lipinski definition) is 5. The molecule has 3 rings (SSSR count). The predicted octanol–water partition coefficient (Wildman–Crippen LogP) is 3.28. The SMILES string of the molecule is CNc1ccccc1C(=O)OC(C)C(=O)N1CC(=O)Nc2cc(C(F)(F)F)ccc21. The number of nitrogens with zero attached hydrogens (tertiary/aromatic N) is 1. The first kappa shape index (κ1) is 21.2. The highest BCUT2D eigenvalue weighted by atomic mass is 19.4. The van der Waals surface area contributed by atoms with Crippen LogP contribution in [0.15, 0.2) is 42.5 Å². The van der Waals surface area contributed by atoms with Gasteiger partial charge in [0.05, 0.1) is 22.5 Å². The third kappa shape index (κ3) is 4.22. The van der Waals surface area contributed by atoms with Gasteiger partial charge in [0.2, 0.25) is 5.91 Å². The Bertz CT molecular complexity index is 1010. The van der Waals surface area contributed by atoms with Crippen LogP contribution in [0.1, 0.15) is 22.8 Å². The molecule has 1 atom stereocenters. The van der Waals surface area contributed by atoms with E-state index in [9.17, 15) is 27.6 Å². The van der Waals surface area contributed by atoms with Crippen molar-refractivity contribution in [3.05, 3.63) is 53.6 Å². The van der Waals surface area contributed by atoms with E-state index in [0.717, 1.165) is 23.1 Å². The van der Waals surface area contributed by atoms with Crippen LogP contribution in [0, 0.1) is 0 Å². The van der Waals surface area contributed by atoms with Gasteiger partial charge in [-0.3, -0.25) is 14.5 Å². The Morgan fingerprint density at radius 3 is 2.57 bits per heavy atom. The molecule has 2 aromatic rings. The van der Waals surface area contributed by atoms with Crippen molar-refractivity contribution < 1.29 is 32.3 Å². The van der Waals surface area contributed by atoms with Crippen LogP contribution in [0.4, 0.5) is 30.2 Å². The van der Waals surface area contributed by atoms with E-state index in [1.165, 1.54) is 13.0 Å². The molecule has 0 radical (unpaired) electrons. The largest absolute Gasteiger partial charge is 0.449 e. The quantitative estimate of drug-likeness (QED) is 0.740. The summed E-state index contributed by atoms with van der Waals surface area (Å²) in [5, 5.41) is 5.17. The van der Waals surface area contributed by atoms with Crippen LogP contribution < -0.4 is 15.5 Å². The van der Waals surface area contributed by atoms with Gasteiger partial charge < -0.3 is 15.4 Å². The molecule has 0 spiro atoms. The van der Waals surface area contributed by atoms with Crippen LogP contribution in [-0.2, 0) is 20.5 Å². The van der Waals surface area contributed by atoms with Crippen LogP contribution in [0.5, 0.6) is 0 Å². The minimum atomic E-state index is -4.60. The highest BCUT2D eigenvalue weighted by Crippen LogP contribution is 2.37. The topological polar surface area (TPSA) is 87.7 Å². The second-order valence-electron chi connectivity index (χ2n) is 6.55. The lowest BCUT2D eigenvalue weighted by atomic mass is 10.1. The minimum Gasteiger partial charge on any atom is -0.449 e. The highest BCUT2D eigenvalue weighted by molar-refractivity contribution is 6.11. The number of ether oxygens (including phenoxy) is 1. The molecule has 1 unspecified atom stereocenters. The fourth-order valence-corrected chi connectivity index (χ4v) is 3.04. The van der Waals surface area contributed by atoms with Crippen molar-refractivity contribution in [1.29, 1.82) is 0 Å². The molecule has 0 aromatic heterocycles. The summed E-state index contributed by atoms with van der Waals surface area (Å²) >= 11 is 0. The number of hydrogen-bond donors (Lipinski definition) is 2. The number of halogens is 3. The average Bonchev–Trinajstić information content (AvgIpc) is 2.71. The van der Waals surface area contributed by atoms with Crippen molar-refractivity contribution in [2.45, 2.75) is 19.2 Å². The van der Waals surface area contributed by atoms with Gasteiger partial charge in [-0.15, -0.1) is 0 Å². The molecule has 30 heavy (non-hydrogen) atoms. The van der Waals surface area contributed by atoms with Crippen LogP contribution in [-0.4, -0.2) is 37.5 Å². The summed E-state index contributed by atoms with van der Waals surface area (Å²) in [5.41, 5.74) is -0.297. The molecule has 2 aromatic carbocycles. The molecule has 2 N–H and O–H groups in total. The molecule has 7 nitrogen and oxygen atoms in total.